The van der Waals surface area contributed by atoms with E-state index in [-0.39, 0.29) is 11.3 Å². The Morgan fingerprint density at radius 1 is 1.30 bits per heavy atom. The summed E-state index contributed by atoms with van der Waals surface area (Å²) in [4.78, 5) is 23.5. The van der Waals surface area contributed by atoms with E-state index in [1.54, 1.807) is 0 Å². The summed E-state index contributed by atoms with van der Waals surface area (Å²) in [6, 6.07) is 0. The molecule has 1 aliphatic heterocycles. The van der Waals surface area contributed by atoms with Crippen molar-refractivity contribution in [2.75, 3.05) is 7.11 Å². The van der Waals surface area contributed by atoms with E-state index in [0.717, 1.165) is 23.3 Å². The number of hydrogen-bond donors (Lipinski definition) is 1. The lowest BCUT2D eigenvalue weighted by Crippen LogP contribution is -2.31. The van der Waals surface area contributed by atoms with E-state index in [1.165, 1.54) is 13.2 Å². The summed E-state index contributed by atoms with van der Waals surface area (Å²) in [5, 5.41) is 3.37. The third-order valence-electron chi connectivity index (χ3n) is 3.84. The first-order valence-corrected chi connectivity index (χ1v) is 6.71. The maximum atomic E-state index is 11.9. The number of esters is 1. The molecule has 1 N–H and O–H groups in total. The summed E-state index contributed by atoms with van der Waals surface area (Å²) >= 11 is 0. The number of carbonyl (C=O) groups is 2. The van der Waals surface area contributed by atoms with E-state index in [9.17, 15) is 9.59 Å². The van der Waals surface area contributed by atoms with Crippen molar-refractivity contribution < 1.29 is 14.3 Å². The predicted molar refractivity (Wildman–Crippen MR) is 76.9 cm³/mol. The fraction of sp³-hybridized carbons (Fsp3) is 0.500. The molecular weight excluding hydrogens is 254 g/mol. The number of nitrogens with one attached hydrogen (secondary N) is 1. The van der Waals surface area contributed by atoms with Crippen LogP contribution in [0.1, 0.15) is 34.1 Å². The standard InChI is InChI=1S/C16H21NO3/c1-10-7-16(8-11(2)14(10)19)9-15(3,4)17-12(16)6-13(18)20-5/h6-8,17H,9H2,1-5H3. The van der Waals surface area contributed by atoms with Crippen molar-refractivity contribution in [2.24, 2.45) is 5.41 Å². The number of hydrogen-bond acceptors (Lipinski definition) is 4. The fourth-order valence-corrected chi connectivity index (χ4v) is 3.21. The van der Waals surface area contributed by atoms with E-state index in [1.807, 2.05) is 26.0 Å². The zero-order valence-electron chi connectivity index (χ0n) is 12.7. The zero-order chi connectivity index (χ0) is 15.1. The average molecular weight is 275 g/mol. The Labute approximate surface area is 119 Å². The summed E-state index contributed by atoms with van der Waals surface area (Å²) in [5.74, 6) is -0.323. The van der Waals surface area contributed by atoms with Crippen LogP contribution in [0.4, 0.5) is 0 Å². The summed E-state index contributed by atoms with van der Waals surface area (Å²) in [5.41, 5.74) is 1.68. The number of Topliss-reactive ketones (excluding diaryl/α,β-unsaturated/α-hetero) is 1. The second-order valence-corrected chi connectivity index (χ2v) is 6.29. The zero-order valence-corrected chi connectivity index (χ0v) is 12.7. The van der Waals surface area contributed by atoms with Crippen LogP contribution in [0.3, 0.4) is 0 Å². The first-order valence-electron chi connectivity index (χ1n) is 6.71. The number of ketones is 1. The van der Waals surface area contributed by atoms with Crippen molar-refractivity contribution in [2.45, 2.75) is 39.7 Å². The van der Waals surface area contributed by atoms with Gasteiger partial charge in [0.15, 0.2) is 5.78 Å². The number of carbonyl (C=O) groups excluding carboxylic acids is 2. The molecule has 0 aromatic rings. The van der Waals surface area contributed by atoms with E-state index in [0.29, 0.717) is 0 Å². The van der Waals surface area contributed by atoms with E-state index in [4.69, 9.17) is 4.74 Å². The molecule has 0 aromatic carbocycles. The van der Waals surface area contributed by atoms with Crippen LogP contribution in [-0.4, -0.2) is 24.4 Å². The Morgan fingerprint density at radius 2 is 1.85 bits per heavy atom. The molecule has 1 saturated heterocycles. The van der Waals surface area contributed by atoms with Crippen molar-refractivity contribution in [3.05, 3.63) is 35.1 Å². The van der Waals surface area contributed by atoms with Gasteiger partial charge in [-0.1, -0.05) is 12.2 Å². The van der Waals surface area contributed by atoms with Crippen molar-refractivity contribution in [3.8, 4) is 0 Å². The summed E-state index contributed by atoms with van der Waals surface area (Å²) in [6.07, 6.45) is 6.20. The Hall–Kier alpha value is -1.84. The molecule has 2 rings (SSSR count). The van der Waals surface area contributed by atoms with Crippen LogP contribution in [0.5, 0.6) is 0 Å². The quantitative estimate of drug-likeness (QED) is 0.589. The van der Waals surface area contributed by atoms with Crippen molar-refractivity contribution in [1.82, 2.24) is 5.32 Å². The highest BCUT2D eigenvalue weighted by Crippen LogP contribution is 2.47. The van der Waals surface area contributed by atoms with Crippen molar-refractivity contribution >= 4 is 11.8 Å². The molecule has 1 heterocycles. The minimum atomic E-state index is -0.417. The second-order valence-electron chi connectivity index (χ2n) is 6.29. The average Bonchev–Trinajstić information content (AvgIpc) is 2.56. The highest BCUT2D eigenvalue weighted by atomic mass is 16.5. The molecule has 2 aliphatic rings. The molecule has 108 valence electrons. The molecule has 0 unspecified atom stereocenters. The third-order valence-corrected chi connectivity index (χ3v) is 3.84. The van der Waals surface area contributed by atoms with E-state index >= 15 is 0 Å². The smallest absolute Gasteiger partial charge is 0.332 e. The number of rotatable bonds is 1. The van der Waals surface area contributed by atoms with Crippen LogP contribution in [0, 0.1) is 5.41 Å². The van der Waals surface area contributed by atoms with Gasteiger partial charge in [-0.15, -0.1) is 0 Å². The predicted octanol–water partition coefficient (Wildman–Crippen LogP) is 2.28. The molecular formula is C16H21NO3. The Balaban J connectivity index is 2.55. The van der Waals surface area contributed by atoms with E-state index in [2.05, 4.69) is 19.2 Å². The van der Waals surface area contributed by atoms with Crippen LogP contribution in [0.15, 0.2) is 35.1 Å². The van der Waals surface area contributed by atoms with Crippen molar-refractivity contribution in [3.63, 3.8) is 0 Å². The Kier molecular flexibility index (Phi) is 3.36. The van der Waals surface area contributed by atoms with Gasteiger partial charge in [0.2, 0.25) is 0 Å². The molecule has 0 saturated carbocycles. The lowest BCUT2D eigenvalue weighted by atomic mass is 9.73. The normalized spacial score (nSPS) is 25.2. The molecule has 4 heteroatoms. The van der Waals surface area contributed by atoms with Gasteiger partial charge in [0.05, 0.1) is 7.11 Å². The van der Waals surface area contributed by atoms with Gasteiger partial charge in [-0.25, -0.2) is 4.79 Å². The minimum absolute atomic E-state index is 0.0674. The highest BCUT2D eigenvalue weighted by molar-refractivity contribution is 6.08. The fourth-order valence-electron chi connectivity index (χ4n) is 3.21. The van der Waals surface area contributed by atoms with Gasteiger partial charge in [0.1, 0.15) is 0 Å². The van der Waals surface area contributed by atoms with Crippen molar-refractivity contribution in [1.29, 1.82) is 0 Å². The molecule has 0 radical (unpaired) electrons. The van der Waals surface area contributed by atoms with Gasteiger partial charge in [0, 0.05) is 22.7 Å². The summed E-state index contributed by atoms with van der Waals surface area (Å²) in [7, 11) is 1.36. The molecule has 1 aliphatic carbocycles. The molecule has 1 fully saturated rings. The number of methoxy groups -OCH3 is 1. The third kappa shape index (κ3) is 2.42. The van der Waals surface area contributed by atoms with Gasteiger partial charge < -0.3 is 10.1 Å². The van der Waals surface area contributed by atoms with Crippen LogP contribution < -0.4 is 5.32 Å². The molecule has 0 atom stereocenters. The monoisotopic (exact) mass is 275 g/mol. The number of allylic oxidation sites excluding steroid dienone is 3. The topological polar surface area (TPSA) is 55.4 Å². The van der Waals surface area contributed by atoms with Gasteiger partial charge in [-0.3, -0.25) is 4.79 Å². The lowest BCUT2D eigenvalue weighted by molar-refractivity contribution is -0.134. The van der Waals surface area contributed by atoms with E-state index < -0.39 is 11.4 Å². The summed E-state index contributed by atoms with van der Waals surface area (Å²) in [6.45, 7) is 7.80. The SMILES string of the molecule is COC(=O)C=C1NC(C)(C)CC12C=C(C)C(=O)C(C)=C2. The highest BCUT2D eigenvalue weighted by Gasteiger charge is 2.46. The first kappa shape index (κ1) is 14.6. The molecule has 0 amide bonds. The molecule has 0 bridgehead atoms. The largest absolute Gasteiger partial charge is 0.466 e. The molecule has 20 heavy (non-hydrogen) atoms. The maximum Gasteiger partial charge on any atom is 0.332 e. The summed E-state index contributed by atoms with van der Waals surface area (Å²) < 4.78 is 4.73. The molecule has 1 spiro atoms. The maximum absolute atomic E-state index is 11.9. The van der Waals surface area contributed by atoms with Crippen LogP contribution in [0.2, 0.25) is 0 Å². The Morgan fingerprint density at radius 3 is 2.35 bits per heavy atom. The van der Waals surface area contributed by atoms with Gasteiger partial charge >= 0.3 is 5.97 Å². The minimum Gasteiger partial charge on any atom is -0.466 e. The molecule has 0 aromatic heterocycles. The first-order chi connectivity index (χ1) is 9.19. The van der Waals surface area contributed by atoms with Gasteiger partial charge in [-0.2, -0.15) is 0 Å². The molecule has 4 nitrogen and oxygen atoms in total. The Bertz CT molecular complexity index is 542. The lowest BCUT2D eigenvalue weighted by Gasteiger charge is -2.28. The van der Waals surface area contributed by atoms with Crippen LogP contribution >= 0.6 is 0 Å². The van der Waals surface area contributed by atoms with Crippen LogP contribution in [0.25, 0.3) is 0 Å². The van der Waals surface area contributed by atoms with Crippen LogP contribution in [-0.2, 0) is 14.3 Å². The van der Waals surface area contributed by atoms with Gasteiger partial charge in [-0.05, 0) is 45.3 Å². The number of ether oxygens (including phenoxy) is 1. The second kappa shape index (κ2) is 4.62. The van der Waals surface area contributed by atoms with Gasteiger partial charge in [0.25, 0.3) is 0 Å².